The molecule has 0 saturated carbocycles. The van der Waals surface area contributed by atoms with E-state index in [-0.39, 0.29) is 7.12 Å². The van der Waals surface area contributed by atoms with Crippen LogP contribution in [0.3, 0.4) is 0 Å². The Bertz CT molecular complexity index is 648. The van der Waals surface area contributed by atoms with Crippen molar-refractivity contribution >= 4 is 37.1 Å². The molecule has 1 aromatic rings. The van der Waals surface area contributed by atoms with Gasteiger partial charge in [-0.3, -0.25) is 0 Å². The first-order chi connectivity index (χ1) is 14.6. The molecule has 1 fully saturated rings. The molecule has 0 N–H and O–H groups in total. The molecule has 0 bridgehead atoms. The third kappa shape index (κ3) is 7.99. The van der Waals surface area contributed by atoms with Gasteiger partial charge in [-0.05, 0) is 21.1 Å². The molecule has 2 aliphatic rings. The summed E-state index contributed by atoms with van der Waals surface area (Å²) in [7, 11) is 18.6. The van der Waals surface area contributed by atoms with E-state index in [4.69, 9.17) is 18.6 Å². The van der Waals surface area contributed by atoms with E-state index in [1.54, 1.807) is 0 Å². The molecule has 2 aliphatic heterocycles. The van der Waals surface area contributed by atoms with Crippen LogP contribution in [0.5, 0.6) is 0 Å². The van der Waals surface area contributed by atoms with E-state index >= 15 is 0 Å². The summed E-state index contributed by atoms with van der Waals surface area (Å²) in [5.74, 6) is 0. The SMILES string of the molecule is CC(C)N1B([N]=[Ti]([Cl])[Cl])N(C(C)C)c2ccccc21.CN1CCN(C)CCN(C)CC1. The summed E-state index contributed by atoms with van der Waals surface area (Å²) in [6, 6.07) is 9.11. The van der Waals surface area contributed by atoms with Crippen LogP contribution >= 0.6 is 18.6 Å². The molecule has 1 aromatic carbocycles. The van der Waals surface area contributed by atoms with Crippen LogP contribution in [0.2, 0.25) is 0 Å². The van der Waals surface area contributed by atoms with Gasteiger partial charge in [0.15, 0.2) is 0 Å². The molecule has 0 unspecified atom stereocenters. The minimum Gasteiger partial charge on any atom is -0.304 e. The van der Waals surface area contributed by atoms with E-state index in [2.05, 4.69) is 101 Å². The minimum atomic E-state index is -2.29. The van der Waals surface area contributed by atoms with Crippen molar-refractivity contribution in [2.75, 3.05) is 70.0 Å². The van der Waals surface area contributed by atoms with Gasteiger partial charge in [-0.15, -0.1) is 0 Å². The third-order valence-electron chi connectivity index (χ3n) is 5.85. The predicted octanol–water partition coefficient (Wildman–Crippen LogP) is 4.02. The van der Waals surface area contributed by atoms with Gasteiger partial charge in [-0.2, -0.15) is 0 Å². The molecule has 0 aromatic heterocycles. The molecule has 1 saturated heterocycles. The summed E-state index contributed by atoms with van der Waals surface area (Å²) in [5, 5.41) is 0. The quantitative estimate of drug-likeness (QED) is 0.580. The molecule has 3 rings (SSSR count). The van der Waals surface area contributed by atoms with Gasteiger partial charge < -0.3 is 14.7 Å². The van der Waals surface area contributed by atoms with Crippen molar-refractivity contribution in [2.45, 2.75) is 39.8 Å². The Morgan fingerprint density at radius 1 is 0.742 bits per heavy atom. The van der Waals surface area contributed by atoms with Crippen molar-refractivity contribution in [1.29, 1.82) is 0 Å². The number of halogens is 2. The fraction of sp³-hybridized carbons (Fsp3) is 0.714. The van der Waals surface area contributed by atoms with E-state index < -0.39 is 15.6 Å². The van der Waals surface area contributed by atoms with E-state index in [1.165, 1.54) is 50.6 Å². The van der Waals surface area contributed by atoms with Gasteiger partial charge in [0.1, 0.15) is 0 Å². The van der Waals surface area contributed by atoms with Crippen molar-refractivity contribution in [3.8, 4) is 0 Å². The van der Waals surface area contributed by atoms with E-state index in [0.29, 0.717) is 12.1 Å². The molecule has 2 heterocycles. The maximum absolute atomic E-state index is 6.05. The van der Waals surface area contributed by atoms with Crippen molar-refractivity contribution in [3.05, 3.63) is 24.3 Å². The molecule has 31 heavy (non-hydrogen) atoms. The van der Waals surface area contributed by atoms with Crippen LogP contribution in [-0.2, 0) is 15.6 Å². The molecule has 0 spiro atoms. The van der Waals surface area contributed by atoms with Crippen LogP contribution in [0, 0.1) is 0 Å². The molecule has 6 nitrogen and oxygen atoms in total. The average molecular weight is 505 g/mol. The summed E-state index contributed by atoms with van der Waals surface area (Å²) in [6.07, 6.45) is 0. The first kappa shape index (κ1) is 27.1. The fourth-order valence-electron chi connectivity index (χ4n) is 3.94. The Kier molecular flexibility index (Phi) is 11.3. The topological polar surface area (TPSA) is 28.6 Å². The standard InChI is InChI=1S/C12H18BN3.C9H21N3.2ClH.Ti/c1-9(2)15-11-7-5-6-8-12(11)16(10(3)4)13(15)14;1-10-4-6-11(2)8-9-12(3)7-5-10;;;/h5-10H,1-4H3;4-9H2,1-3H3;2*1H;/q;;;;+2/p-2. The maximum Gasteiger partial charge on any atom is 0.0107 e. The number of nitrogens with zero attached hydrogens (tertiary/aromatic N) is 6. The Morgan fingerprint density at radius 2 is 1.06 bits per heavy atom. The molecular formula is C21H39BCl2N6Ti. The zero-order valence-corrected chi connectivity index (χ0v) is 23.3. The van der Waals surface area contributed by atoms with Crippen molar-refractivity contribution in [1.82, 2.24) is 14.7 Å². The Labute approximate surface area is 204 Å². The normalized spacial score (nSPS) is 19.0. The van der Waals surface area contributed by atoms with Gasteiger partial charge in [0.25, 0.3) is 0 Å². The average Bonchev–Trinajstić information content (AvgIpc) is 3.04. The van der Waals surface area contributed by atoms with Crippen LogP contribution in [-0.4, -0.2) is 94.3 Å². The van der Waals surface area contributed by atoms with E-state index in [9.17, 15) is 0 Å². The van der Waals surface area contributed by atoms with E-state index in [0.717, 1.165) is 0 Å². The van der Waals surface area contributed by atoms with Crippen molar-refractivity contribution < 1.29 is 15.6 Å². The predicted molar refractivity (Wildman–Crippen MR) is 134 cm³/mol. The molecule has 0 aliphatic carbocycles. The number of anilines is 2. The van der Waals surface area contributed by atoms with Crippen LogP contribution in [0.15, 0.2) is 27.6 Å². The number of fused-ring (bicyclic) bond motifs is 1. The van der Waals surface area contributed by atoms with Gasteiger partial charge in [-0.25, -0.2) is 0 Å². The minimum absolute atomic E-state index is 0.0672. The molecule has 0 radical (unpaired) electrons. The van der Waals surface area contributed by atoms with Gasteiger partial charge in [-0.1, -0.05) is 0 Å². The Morgan fingerprint density at radius 3 is 1.32 bits per heavy atom. The maximum atomic E-state index is 6.05. The first-order valence-corrected chi connectivity index (χ1v) is 16.2. The van der Waals surface area contributed by atoms with Gasteiger partial charge in [0.2, 0.25) is 0 Å². The van der Waals surface area contributed by atoms with Gasteiger partial charge in [0.05, 0.1) is 0 Å². The molecule has 0 amide bonds. The summed E-state index contributed by atoms with van der Waals surface area (Å²) in [6.45, 7) is 15.9. The largest absolute Gasteiger partial charge is 0.304 e. The van der Waals surface area contributed by atoms with Crippen LogP contribution in [0.4, 0.5) is 11.4 Å². The monoisotopic (exact) mass is 504 g/mol. The number of para-hydroxylation sites is 2. The van der Waals surface area contributed by atoms with Crippen LogP contribution in [0.25, 0.3) is 0 Å². The fourth-order valence-corrected chi connectivity index (χ4v) is 5.33. The second kappa shape index (κ2) is 12.9. The summed E-state index contributed by atoms with van der Waals surface area (Å²) < 4.78 is 4.65. The molecule has 174 valence electrons. The zero-order valence-electron chi connectivity index (χ0n) is 20.2. The first-order valence-electron chi connectivity index (χ1n) is 11.2. The van der Waals surface area contributed by atoms with Crippen LogP contribution in [0.1, 0.15) is 27.7 Å². The van der Waals surface area contributed by atoms with Gasteiger partial charge >= 0.3 is 130 Å². The summed E-state index contributed by atoms with van der Waals surface area (Å²) in [5.41, 5.74) is 2.43. The number of rotatable bonds is 3. The zero-order chi connectivity index (χ0) is 23.1. The molecule has 10 heteroatoms. The smallest absolute Gasteiger partial charge is 0.0107 e. The number of hydrogen-bond acceptors (Lipinski definition) is 6. The third-order valence-corrected chi connectivity index (χ3v) is 7.32. The summed E-state index contributed by atoms with van der Waals surface area (Å²) in [4.78, 5) is 11.8. The molecule has 0 atom stereocenters. The second-order valence-corrected chi connectivity index (χ2v) is 14.0. The number of benzene rings is 1. The number of likely N-dealkylation sites (N-methyl/N-ethyl adjacent to an activating group) is 3. The second-order valence-electron chi connectivity index (χ2n) is 9.12. The van der Waals surface area contributed by atoms with Crippen LogP contribution < -0.4 is 9.62 Å². The van der Waals surface area contributed by atoms with E-state index in [1.807, 2.05) is 0 Å². The van der Waals surface area contributed by atoms with Gasteiger partial charge in [0, 0.05) is 39.3 Å². The Balaban J connectivity index is 0.000000245. The Hall–Kier alpha value is -0.141. The summed E-state index contributed by atoms with van der Waals surface area (Å²) >= 11 is -2.29. The number of hydrogen-bond donors (Lipinski definition) is 0. The van der Waals surface area contributed by atoms with Crippen molar-refractivity contribution in [3.63, 3.8) is 0 Å². The molecular weight excluding hydrogens is 466 g/mol. The van der Waals surface area contributed by atoms with Crippen molar-refractivity contribution in [2.24, 2.45) is 3.33 Å².